The maximum atomic E-state index is 10.6. The lowest BCUT2D eigenvalue weighted by molar-refractivity contribution is 0.303. The molecule has 1 atom stereocenters. The number of para-hydroxylation sites is 3. The van der Waals surface area contributed by atoms with Crippen molar-refractivity contribution in [2.45, 2.75) is 19.8 Å². The molecular formula is C17H19NO4S. The van der Waals surface area contributed by atoms with Gasteiger partial charge in [0.2, 0.25) is 0 Å². The van der Waals surface area contributed by atoms with Crippen molar-refractivity contribution in [3.05, 3.63) is 48.0 Å². The van der Waals surface area contributed by atoms with Gasteiger partial charge >= 0.3 is 11.4 Å². The van der Waals surface area contributed by atoms with E-state index in [9.17, 15) is 4.21 Å². The van der Waals surface area contributed by atoms with Crippen LogP contribution in [0.1, 0.15) is 18.9 Å². The quantitative estimate of drug-likeness (QED) is 0.639. The van der Waals surface area contributed by atoms with Gasteiger partial charge in [-0.1, -0.05) is 31.2 Å². The highest BCUT2D eigenvalue weighted by molar-refractivity contribution is 7.74. The van der Waals surface area contributed by atoms with Crippen LogP contribution in [0.3, 0.4) is 0 Å². The van der Waals surface area contributed by atoms with Gasteiger partial charge in [0.1, 0.15) is 0 Å². The van der Waals surface area contributed by atoms with E-state index in [0.29, 0.717) is 13.0 Å². The van der Waals surface area contributed by atoms with Gasteiger partial charge in [-0.3, -0.25) is 8.74 Å². The van der Waals surface area contributed by atoms with E-state index in [1.54, 1.807) is 0 Å². The topological polar surface area (TPSA) is 59.0 Å². The fourth-order valence-electron chi connectivity index (χ4n) is 2.78. The zero-order valence-electron chi connectivity index (χ0n) is 12.9. The Morgan fingerprint density at radius 2 is 1.96 bits per heavy atom. The molecule has 122 valence electrons. The van der Waals surface area contributed by atoms with Gasteiger partial charge in [-0.25, -0.2) is 0 Å². The van der Waals surface area contributed by atoms with Crippen molar-refractivity contribution in [1.82, 2.24) is 0 Å². The number of fused-ring (bicyclic) bond motifs is 2. The third kappa shape index (κ3) is 3.39. The smallest absolute Gasteiger partial charge is 0.301 e. The molecule has 0 radical (unpaired) electrons. The summed E-state index contributed by atoms with van der Waals surface area (Å²) in [6.07, 6.45) is 1.53. The third-order valence-electron chi connectivity index (χ3n) is 3.83. The Morgan fingerprint density at radius 1 is 1.17 bits per heavy atom. The van der Waals surface area contributed by atoms with Gasteiger partial charge in [0.15, 0.2) is 11.5 Å². The first-order chi connectivity index (χ1) is 11.2. The van der Waals surface area contributed by atoms with E-state index in [0.717, 1.165) is 34.9 Å². The summed E-state index contributed by atoms with van der Waals surface area (Å²) in [5, 5.41) is 0. The molecule has 0 saturated heterocycles. The molecule has 23 heavy (non-hydrogen) atoms. The molecule has 2 aromatic rings. The van der Waals surface area contributed by atoms with Gasteiger partial charge in [-0.05, 0) is 36.6 Å². The summed E-state index contributed by atoms with van der Waals surface area (Å²) in [7, 11) is 0. The summed E-state index contributed by atoms with van der Waals surface area (Å²) in [6, 6.07) is 14.0. The van der Waals surface area contributed by atoms with Crippen LogP contribution in [-0.2, 0) is 22.0 Å². The van der Waals surface area contributed by atoms with Crippen molar-refractivity contribution < 1.29 is 17.7 Å². The molecule has 0 saturated carbocycles. The van der Waals surface area contributed by atoms with Gasteiger partial charge in [-0.15, -0.1) is 0 Å². The molecule has 0 aliphatic carbocycles. The number of rotatable bonds is 6. The number of benzene rings is 2. The first-order valence-electron chi connectivity index (χ1n) is 7.61. The summed E-state index contributed by atoms with van der Waals surface area (Å²) in [5.41, 5.74) is 3.18. The molecule has 1 aliphatic heterocycles. The fourth-order valence-corrected chi connectivity index (χ4v) is 3.04. The van der Waals surface area contributed by atoms with Crippen LogP contribution in [0.25, 0.3) is 0 Å². The van der Waals surface area contributed by atoms with Crippen molar-refractivity contribution >= 4 is 22.7 Å². The maximum Gasteiger partial charge on any atom is 0.301 e. The lowest BCUT2D eigenvalue weighted by Crippen LogP contribution is -2.24. The van der Waals surface area contributed by atoms with Crippen LogP contribution in [0, 0.1) is 0 Å². The predicted molar refractivity (Wildman–Crippen MR) is 90.7 cm³/mol. The summed E-state index contributed by atoms with van der Waals surface area (Å²) in [4.78, 5) is 2.18. The van der Waals surface area contributed by atoms with Crippen LogP contribution >= 0.6 is 0 Å². The van der Waals surface area contributed by atoms with Crippen LogP contribution in [0.15, 0.2) is 42.5 Å². The molecule has 2 aromatic carbocycles. The number of hydrogen-bond donors (Lipinski definition) is 1. The molecule has 0 fully saturated rings. The Balaban J connectivity index is 1.90. The van der Waals surface area contributed by atoms with E-state index in [2.05, 4.69) is 17.9 Å². The van der Waals surface area contributed by atoms with Crippen molar-refractivity contribution in [3.8, 4) is 11.5 Å². The maximum absolute atomic E-state index is 10.6. The lowest BCUT2D eigenvalue weighted by atomic mass is 10.1. The first-order valence-corrected chi connectivity index (χ1v) is 8.64. The molecule has 1 aliphatic rings. The molecule has 3 rings (SSSR count). The SMILES string of the molecule is CCc1cccc2c1Oc1ccccc1N2CCCOS(=O)O. The number of anilines is 2. The summed E-state index contributed by atoms with van der Waals surface area (Å²) in [5.74, 6) is 1.72. The van der Waals surface area contributed by atoms with Crippen molar-refractivity contribution in [1.29, 1.82) is 0 Å². The van der Waals surface area contributed by atoms with Crippen LogP contribution in [0.4, 0.5) is 11.4 Å². The number of nitrogens with zero attached hydrogens (tertiary/aromatic N) is 1. The van der Waals surface area contributed by atoms with E-state index in [1.165, 1.54) is 0 Å². The van der Waals surface area contributed by atoms with Gasteiger partial charge in [0, 0.05) is 6.54 Å². The molecule has 1 N–H and O–H groups in total. The third-order valence-corrected chi connectivity index (χ3v) is 4.19. The van der Waals surface area contributed by atoms with Crippen LogP contribution in [0.5, 0.6) is 11.5 Å². The second-order valence-corrected chi connectivity index (χ2v) is 5.90. The molecule has 0 bridgehead atoms. The van der Waals surface area contributed by atoms with Crippen molar-refractivity contribution in [2.24, 2.45) is 0 Å². The molecular weight excluding hydrogens is 314 g/mol. The largest absolute Gasteiger partial charge is 0.453 e. The second kappa shape index (κ2) is 7.12. The minimum absolute atomic E-state index is 0.228. The van der Waals surface area contributed by atoms with Gasteiger partial charge in [-0.2, -0.15) is 4.21 Å². The second-order valence-electron chi connectivity index (χ2n) is 5.23. The average molecular weight is 333 g/mol. The molecule has 1 heterocycles. The summed E-state index contributed by atoms with van der Waals surface area (Å²) < 4.78 is 30.1. The summed E-state index contributed by atoms with van der Waals surface area (Å²) >= 11 is -2.21. The van der Waals surface area contributed by atoms with Crippen LogP contribution in [0.2, 0.25) is 0 Å². The summed E-state index contributed by atoms with van der Waals surface area (Å²) in [6.45, 7) is 3.01. The molecule has 0 aromatic heterocycles. The minimum atomic E-state index is -2.21. The van der Waals surface area contributed by atoms with Gasteiger partial charge < -0.3 is 9.64 Å². The number of aryl methyl sites for hydroxylation is 1. The Bertz CT molecular complexity index is 719. The minimum Gasteiger partial charge on any atom is -0.453 e. The van der Waals surface area contributed by atoms with Gasteiger partial charge in [0.25, 0.3) is 0 Å². The Kier molecular flexibility index (Phi) is 4.95. The number of hydrogen-bond acceptors (Lipinski definition) is 4. The zero-order chi connectivity index (χ0) is 16.2. The fraction of sp³-hybridized carbons (Fsp3) is 0.294. The van der Waals surface area contributed by atoms with Crippen LogP contribution in [-0.4, -0.2) is 21.9 Å². The van der Waals surface area contributed by atoms with Crippen molar-refractivity contribution in [3.63, 3.8) is 0 Å². The Labute approximate surface area is 138 Å². The molecule has 0 spiro atoms. The Hall–Kier alpha value is -1.89. The van der Waals surface area contributed by atoms with E-state index in [1.807, 2.05) is 36.4 Å². The highest BCUT2D eigenvalue weighted by atomic mass is 32.2. The standard InChI is InChI=1S/C17H19NO4S/c1-2-13-7-5-9-15-17(13)22-16-10-4-3-8-14(16)18(15)11-6-12-21-23(19)20/h3-5,7-10H,2,6,11-12H2,1H3,(H,19,20). The Morgan fingerprint density at radius 3 is 2.74 bits per heavy atom. The lowest BCUT2D eigenvalue weighted by Gasteiger charge is -2.33. The molecule has 1 unspecified atom stereocenters. The molecule has 6 heteroatoms. The normalized spacial score (nSPS) is 13.9. The predicted octanol–water partition coefficient (Wildman–Crippen LogP) is 4.04. The molecule has 5 nitrogen and oxygen atoms in total. The molecule has 0 amide bonds. The highest BCUT2D eigenvalue weighted by Gasteiger charge is 2.25. The van der Waals surface area contributed by atoms with E-state index < -0.39 is 11.4 Å². The van der Waals surface area contributed by atoms with E-state index in [4.69, 9.17) is 13.5 Å². The van der Waals surface area contributed by atoms with E-state index >= 15 is 0 Å². The van der Waals surface area contributed by atoms with Crippen LogP contribution < -0.4 is 9.64 Å². The first kappa shape index (κ1) is 16.0. The van der Waals surface area contributed by atoms with Gasteiger partial charge in [0.05, 0.1) is 18.0 Å². The van der Waals surface area contributed by atoms with Crippen molar-refractivity contribution in [2.75, 3.05) is 18.1 Å². The van der Waals surface area contributed by atoms with E-state index in [-0.39, 0.29) is 6.61 Å². The average Bonchev–Trinajstić information content (AvgIpc) is 2.57. The number of ether oxygens (including phenoxy) is 1. The zero-order valence-corrected chi connectivity index (χ0v) is 13.7. The highest BCUT2D eigenvalue weighted by Crippen LogP contribution is 2.48. The monoisotopic (exact) mass is 333 g/mol.